The maximum atomic E-state index is 13.0. The van der Waals surface area contributed by atoms with Crippen LogP contribution in [0.15, 0.2) is 54.6 Å². The average Bonchev–Trinajstić information content (AvgIpc) is 2.87. The third-order valence-electron chi connectivity index (χ3n) is 6.81. The molecule has 0 spiro atoms. The van der Waals surface area contributed by atoms with Crippen molar-refractivity contribution in [2.24, 2.45) is 5.41 Å². The van der Waals surface area contributed by atoms with Crippen molar-refractivity contribution in [3.05, 3.63) is 71.3 Å². The van der Waals surface area contributed by atoms with Gasteiger partial charge in [-0.2, -0.15) is 0 Å². The smallest absolute Gasteiger partial charge is 0.351 e. The van der Waals surface area contributed by atoms with Crippen LogP contribution in [0.4, 0.5) is 0 Å². The van der Waals surface area contributed by atoms with Crippen molar-refractivity contribution in [1.82, 2.24) is 0 Å². The van der Waals surface area contributed by atoms with Crippen LogP contribution in [-0.2, 0) is 19.2 Å². The molecule has 3 aromatic rings. The predicted molar refractivity (Wildman–Crippen MR) is 142 cm³/mol. The van der Waals surface area contributed by atoms with Gasteiger partial charge >= 0.3 is 11.9 Å². The molecule has 35 heavy (non-hydrogen) atoms. The molecule has 1 aliphatic carbocycles. The van der Waals surface area contributed by atoms with Crippen LogP contribution in [0.5, 0.6) is 11.5 Å². The second-order valence-corrected chi connectivity index (χ2v) is 9.72. The summed E-state index contributed by atoms with van der Waals surface area (Å²) in [5.41, 5.74) is 1.58. The van der Waals surface area contributed by atoms with Gasteiger partial charge in [0.15, 0.2) is 23.0 Å². The fourth-order valence-corrected chi connectivity index (χ4v) is 4.99. The van der Waals surface area contributed by atoms with E-state index in [1.54, 1.807) is 29.1 Å². The SMILES string of the molecule is COc1c(C)cc(OC2CCC(C)(C(=O)OCc3cccc4ccccc34)CC2)cc1C(=O)OI. The molecule has 0 heterocycles. The van der Waals surface area contributed by atoms with Crippen molar-refractivity contribution in [3.8, 4) is 11.5 Å². The number of rotatable bonds is 7. The lowest BCUT2D eigenvalue weighted by molar-refractivity contribution is -0.159. The molecule has 0 saturated heterocycles. The number of ether oxygens (including phenoxy) is 3. The highest BCUT2D eigenvalue weighted by Crippen LogP contribution is 2.39. The summed E-state index contributed by atoms with van der Waals surface area (Å²) >= 11 is 1.56. The Kier molecular flexibility index (Phi) is 7.84. The van der Waals surface area contributed by atoms with Crippen LogP contribution in [0.1, 0.15) is 54.1 Å². The summed E-state index contributed by atoms with van der Waals surface area (Å²) in [4.78, 5) is 25.2. The summed E-state index contributed by atoms with van der Waals surface area (Å²) in [6, 6.07) is 17.7. The van der Waals surface area contributed by atoms with Crippen LogP contribution in [-0.4, -0.2) is 25.2 Å². The first-order valence-electron chi connectivity index (χ1n) is 11.7. The Morgan fingerprint density at radius 2 is 1.77 bits per heavy atom. The van der Waals surface area contributed by atoms with E-state index in [0.717, 1.165) is 34.7 Å². The van der Waals surface area contributed by atoms with Crippen LogP contribution in [0.3, 0.4) is 0 Å². The molecule has 0 aromatic heterocycles. The van der Waals surface area contributed by atoms with Crippen LogP contribution in [0.25, 0.3) is 10.8 Å². The van der Waals surface area contributed by atoms with E-state index in [2.05, 4.69) is 18.2 Å². The Labute approximate surface area is 219 Å². The number of fused-ring (bicyclic) bond motifs is 1. The lowest BCUT2D eigenvalue weighted by Crippen LogP contribution is -2.37. The van der Waals surface area contributed by atoms with Crippen LogP contribution in [0.2, 0.25) is 0 Å². The highest BCUT2D eigenvalue weighted by Gasteiger charge is 2.39. The van der Waals surface area contributed by atoms with Crippen molar-refractivity contribution < 1.29 is 26.9 Å². The second kappa shape index (κ2) is 10.8. The van der Waals surface area contributed by atoms with Crippen molar-refractivity contribution in [2.45, 2.75) is 52.2 Å². The van der Waals surface area contributed by atoms with Crippen molar-refractivity contribution in [2.75, 3.05) is 7.11 Å². The van der Waals surface area contributed by atoms with Crippen LogP contribution >= 0.6 is 23.0 Å². The lowest BCUT2D eigenvalue weighted by atomic mass is 9.74. The van der Waals surface area contributed by atoms with E-state index in [1.165, 1.54) is 7.11 Å². The highest BCUT2D eigenvalue weighted by atomic mass is 127. The molecule has 184 valence electrons. The molecule has 3 aromatic carbocycles. The number of hydrogen-bond donors (Lipinski definition) is 0. The Morgan fingerprint density at radius 3 is 2.49 bits per heavy atom. The van der Waals surface area contributed by atoms with Gasteiger partial charge in [-0.05, 0) is 73.6 Å². The normalized spacial score (nSPS) is 19.7. The van der Waals surface area contributed by atoms with Gasteiger partial charge in [-0.3, -0.25) is 4.79 Å². The quantitative estimate of drug-likeness (QED) is 0.225. The Bertz CT molecular complexity index is 1220. The van der Waals surface area contributed by atoms with Gasteiger partial charge in [0.25, 0.3) is 0 Å². The molecule has 0 bridgehead atoms. The average molecular weight is 588 g/mol. The van der Waals surface area contributed by atoms with Gasteiger partial charge in [-0.1, -0.05) is 42.5 Å². The molecule has 6 nitrogen and oxygen atoms in total. The van der Waals surface area contributed by atoms with E-state index in [-0.39, 0.29) is 18.7 Å². The number of esters is 1. The van der Waals surface area contributed by atoms with Crippen molar-refractivity contribution >= 4 is 45.7 Å². The Balaban J connectivity index is 1.37. The molecule has 1 fully saturated rings. The molecule has 0 aliphatic heterocycles. The number of benzene rings is 3. The Hall–Kier alpha value is -2.81. The molecule has 0 N–H and O–H groups in total. The molecule has 4 rings (SSSR count). The van der Waals surface area contributed by atoms with Gasteiger partial charge in [-0.25, -0.2) is 4.79 Å². The third kappa shape index (κ3) is 5.55. The zero-order valence-corrected chi connectivity index (χ0v) is 22.3. The minimum atomic E-state index is -0.545. The molecule has 1 aliphatic rings. The number of hydrogen-bond acceptors (Lipinski definition) is 6. The molecular weight excluding hydrogens is 559 g/mol. The maximum absolute atomic E-state index is 13.0. The second-order valence-electron chi connectivity index (χ2n) is 9.28. The minimum absolute atomic E-state index is 0.0507. The molecule has 0 atom stereocenters. The zero-order chi connectivity index (χ0) is 25.0. The fraction of sp³-hybridized carbons (Fsp3) is 0.357. The number of halogens is 1. The highest BCUT2D eigenvalue weighted by molar-refractivity contribution is 14.1. The number of methoxy groups -OCH3 is 1. The number of aryl methyl sites for hydroxylation is 1. The van der Waals surface area contributed by atoms with E-state index >= 15 is 0 Å². The van der Waals surface area contributed by atoms with Crippen molar-refractivity contribution in [1.29, 1.82) is 0 Å². The van der Waals surface area contributed by atoms with Gasteiger partial charge < -0.3 is 17.3 Å². The molecule has 1 saturated carbocycles. The van der Waals surface area contributed by atoms with Gasteiger partial charge in [0.2, 0.25) is 0 Å². The molecule has 7 heteroatoms. The first-order chi connectivity index (χ1) is 16.8. The monoisotopic (exact) mass is 588 g/mol. The van der Waals surface area contributed by atoms with E-state index < -0.39 is 11.4 Å². The van der Waals surface area contributed by atoms with Crippen LogP contribution in [0, 0.1) is 12.3 Å². The molecular formula is C28H29IO6. The van der Waals surface area contributed by atoms with Gasteiger partial charge in [0.1, 0.15) is 23.7 Å². The first-order valence-corrected chi connectivity index (χ1v) is 12.5. The summed E-state index contributed by atoms with van der Waals surface area (Å²) in [5, 5.41) is 2.24. The van der Waals surface area contributed by atoms with E-state index in [1.807, 2.05) is 44.2 Å². The van der Waals surface area contributed by atoms with Crippen molar-refractivity contribution in [3.63, 3.8) is 0 Å². The zero-order valence-electron chi connectivity index (χ0n) is 20.1. The standard InChI is InChI=1S/C28H29IO6/c1-18-15-22(16-24(25(18)32-3)26(30)35-29)34-21-11-13-28(2,14-12-21)27(31)33-17-20-9-6-8-19-7-4-5-10-23(19)20/h4-10,15-16,21H,11-14,17H2,1-3H3. The number of carbonyl (C=O) groups is 2. The summed E-state index contributed by atoms with van der Waals surface area (Å²) in [5.74, 6) is 0.411. The van der Waals surface area contributed by atoms with E-state index in [0.29, 0.717) is 29.9 Å². The molecule has 0 amide bonds. The fourth-order valence-electron chi connectivity index (χ4n) is 4.75. The molecule has 0 unspecified atom stereocenters. The van der Waals surface area contributed by atoms with Gasteiger partial charge in [-0.15, -0.1) is 0 Å². The first kappa shape index (κ1) is 25.3. The van der Waals surface area contributed by atoms with E-state index in [9.17, 15) is 9.59 Å². The Morgan fingerprint density at radius 1 is 1.06 bits per heavy atom. The summed E-state index contributed by atoms with van der Waals surface area (Å²) in [6.07, 6.45) is 2.73. The van der Waals surface area contributed by atoms with E-state index in [4.69, 9.17) is 17.3 Å². The third-order valence-corrected chi connectivity index (χ3v) is 7.21. The van der Waals surface area contributed by atoms with Gasteiger partial charge in [0, 0.05) is 0 Å². The largest absolute Gasteiger partial charge is 0.496 e. The number of carbonyl (C=O) groups excluding carboxylic acids is 2. The topological polar surface area (TPSA) is 71.1 Å². The minimum Gasteiger partial charge on any atom is -0.496 e. The lowest BCUT2D eigenvalue weighted by Gasteiger charge is -2.35. The summed E-state index contributed by atoms with van der Waals surface area (Å²) in [6.45, 7) is 4.09. The van der Waals surface area contributed by atoms with Gasteiger partial charge in [0.05, 0.1) is 18.6 Å². The maximum Gasteiger partial charge on any atom is 0.351 e. The summed E-state index contributed by atoms with van der Waals surface area (Å²) in [7, 11) is 1.52. The summed E-state index contributed by atoms with van der Waals surface area (Å²) < 4.78 is 22.2. The molecule has 0 radical (unpaired) electrons. The van der Waals surface area contributed by atoms with Crippen LogP contribution < -0.4 is 9.47 Å². The predicted octanol–water partition coefficient (Wildman–Crippen LogP) is 6.73.